The van der Waals surface area contributed by atoms with Gasteiger partial charge in [-0.3, -0.25) is 9.59 Å². The number of nitrogens with zero attached hydrogens (tertiary/aromatic N) is 1. The minimum atomic E-state index is -0.166. The summed E-state index contributed by atoms with van der Waals surface area (Å²) < 4.78 is 10.5. The predicted molar refractivity (Wildman–Crippen MR) is 95.1 cm³/mol. The fraction of sp³-hybridized carbons (Fsp3) is 0.529. The van der Waals surface area contributed by atoms with Crippen LogP contribution in [0.4, 0.5) is 5.69 Å². The van der Waals surface area contributed by atoms with Crippen molar-refractivity contribution in [3.63, 3.8) is 0 Å². The molecule has 1 aromatic carbocycles. The lowest BCUT2D eigenvalue weighted by atomic mass is 10.2. The van der Waals surface area contributed by atoms with Crippen LogP contribution in [0.25, 0.3) is 0 Å². The third-order valence-electron chi connectivity index (χ3n) is 3.54. The fourth-order valence-electron chi connectivity index (χ4n) is 2.24. The number of benzene rings is 1. The van der Waals surface area contributed by atoms with Crippen LogP contribution < -0.4 is 19.7 Å². The van der Waals surface area contributed by atoms with Gasteiger partial charge in [0.25, 0.3) is 0 Å². The van der Waals surface area contributed by atoms with Gasteiger partial charge in [-0.25, -0.2) is 0 Å². The highest BCUT2D eigenvalue weighted by molar-refractivity contribution is 6.32. The van der Waals surface area contributed by atoms with E-state index in [4.69, 9.17) is 21.1 Å². The number of carbonyl (C=O) groups is 2. The summed E-state index contributed by atoms with van der Waals surface area (Å²) in [5, 5.41) is 3.22. The second kappa shape index (κ2) is 10.0. The van der Waals surface area contributed by atoms with Crippen LogP contribution in [0.5, 0.6) is 11.5 Å². The minimum Gasteiger partial charge on any atom is -0.495 e. The number of rotatable bonds is 9. The van der Waals surface area contributed by atoms with Gasteiger partial charge in [0.15, 0.2) is 0 Å². The molecule has 0 saturated carbocycles. The van der Waals surface area contributed by atoms with Crippen LogP contribution in [0.3, 0.4) is 0 Å². The van der Waals surface area contributed by atoms with Gasteiger partial charge in [0, 0.05) is 38.6 Å². The summed E-state index contributed by atoms with van der Waals surface area (Å²) in [6.07, 6.45) is 2.31. The molecule has 1 aromatic rings. The van der Waals surface area contributed by atoms with Crippen molar-refractivity contribution in [2.24, 2.45) is 0 Å². The van der Waals surface area contributed by atoms with Crippen LogP contribution in [0.2, 0.25) is 5.02 Å². The Bertz CT molecular complexity index is 578. The molecule has 2 amide bonds. The van der Waals surface area contributed by atoms with Crippen molar-refractivity contribution in [3.8, 4) is 11.5 Å². The van der Waals surface area contributed by atoms with Crippen LogP contribution in [0, 0.1) is 0 Å². The molecule has 0 aliphatic carbocycles. The van der Waals surface area contributed by atoms with Crippen molar-refractivity contribution in [2.75, 3.05) is 32.2 Å². The van der Waals surface area contributed by atoms with E-state index in [-0.39, 0.29) is 11.8 Å². The first-order valence-corrected chi connectivity index (χ1v) is 8.28. The number of nitrogens with one attached hydrogen (secondary N) is 1. The van der Waals surface area contributed by atoms with Crippen LogP contribution in [0.1, 0.15) is 33.1 Å². The minimum absolute atomic E-state index is 0.0130. The van der Waals surface area contributed by atoms with Crippen LogP contribution in [0.15, 0.2) is 12.1 Å². The second-order valence-corrected chi connectivity index (χ2v) is 5.69. The molecule has 134 valence electrons. The molecule has 0 bridgehead atoms. The van der Waals surface area contributed by atoms with Gasteiger partial charge in [0.1, 0.15) is 11.5 Å². The largest absolute Gasteiger partial charge is 0.495 e. The highest BCUT2D eigenvalue weighted by Crippen LogP contribution is 2.38. The van der Waals surface area contributed by atoms with Crippen molar-refractivity contribution < 1.29 is 19.1 Å². The SMILES string of the molecule is CCCCC(=O)NCCN(C(C)=O)c1cc(OC)c(Cl)cc1OC. The van der Waals surface area contributed by atoms with Gasteiger partial charge in [-0.1, -0.05) is 24.9 Å². The highest BCUT2D eigenvalue weighted by atomic mass is 35.5. The van der Waals surface area contributed by atoms with E-state index in [1.807, 2.05) is 6.92 Å². The van der Waals surface area contributed by atoms with Crippen molar-refractivity contribution >= 4 is 29.1 Å². The first-order valence-electron chi connectivity index (χ1n) is 7.90. The summed E-state index contributed by atoms with van der Waals surface area (Å²) in [6, 6.07) is 3.26. The lowest BCUT2D eigenvalue weighted by Crippen LogP contribution is -2.37. The zero-order chi connectivity index (χ0) is 18.1. The Kier molecular flexibility index (Phi) is 8.40. The number of halogens is 1. The molecule has 24 heavy (non-hydrogen) atoms. The Morgan fingerprint density at radius 1 is 1.21 bits per heavy atom. The number of unbranched alkanes of at least 4 members (excludes halogenated alkanes) is 1. The number of anilines is 1. The molecular weight excluding hydrogens is 332 g/mol. The molecular formula is C17H25ClN2O4. The van der Waals surface area contributed by atoms with Gasteiger partial charge in [0.2, 0.25) is 11.8 Å². The van der Waals surface area contributed by atoms with E-state index in [0.29, 0.717) is 41.7 Å². The molecule has 6 nitrogen and oxygen atoms in total. The fourth-order valence-corrected chi connectivity index (χ4v) is 2.47. The van der Waals surface area contributed by atoms with Gasteiger partial charge in [0.05, 0.1) is 24.9 Å². The standard InChI is InChI=1S/C17H25ClN2O4/c1-5-6-7-17(22)19-8-9-20(12(2)21)14-11-15(23-3)13(18)10-16(14)24-4/h10-11H,5-9H2,1-4H3,(H,19,22). The van der Waals surface area contributed by atoms with Crippen LogP contribution in [-0.2, 0) is 9.59 Å². The molecule has 0 spiro atoms. The number of carbonyl (C=O) groups excluding carboxylic acids is 2. The summed E-state index contributed by atoms with van der Waals surface area (Å²) in [5.41, 5.74) is 0.550. The summed E-state index contributed by atoms with van der Waals surface area (Å²) in [6.45, 7) is 4.18. The van der Waals surface area contributed by atoms with Crippen molar-refractivity contribution in [2.45, 2.75) is 33.1 Å². The summed E-state index contributed by atoms with van der Waals surface area (Å²) in [4.78, 5) is 25.2. The quantitative estimate of drug-likeness (QED) is 0.738. The van der Waals surface area contributed by atoms with E-state index in [0.717, 1.165) is 12.8 Å². The number of ether oxygens (including phenoxy) is 2. The summed E-state index contributed by atoms with van der Waals surface area (Å²) in [7, 11) is 3.01. The molecule has 0 aromatic heterocycles. The molecule has 1 rings (SSSR count). The average molecular weight is 357 g/mol. The van der Waals surface area contributed by atoms with E-state index in [1.165, 1.54) is 26.0 Å². The molecule has 0 fully saturated rings. The smallest absolute Gasteiger partial charge is 0.224 e. The van der Waals surface area contributed by atoms with Crippen molar-refractivity contribution in [3.05, 3.63) is 17.2 Å². The Hall–Kier alpha value is -1.95. The summed E-state index contributed by atoms with van der Waals surface area (Å²) in [5.74, 6) is 0.737. The number of hydrogen-bond donors (Lipinski definition) is 1. The monoisotopic (exact) mass is 356 g/mol. The molecule has 0 radical (unpaired) electrons. The molecule has 0 saturated heterocycles. The second-order valence-electron chi connectivity index (χ2n) is 5.28. The maximum absolute atomic E-state index is 12.0. The topological polar surface area (TPSA) is 67.9 Å². The first-order chi connectivity index (χ1) is 11.4. The molecule has 0 unspecified atom stereocenters. The lowest BCUT2D eigenvalue weighted by Gasteiger charge is -2.24. The molecule has 7 heteroatoms. The van der Waals surface area contributed by atoms with Crippen molar-refractivity contribution in [1.29, 1.82) is 0 Å². The maximum atomic E-state index is 12.0. The Morgan fingerprint density at radius 2 is 1.88 bits per heavy atom. The highest BCUT2D eigenvalue weighted by Gasteiger charge is 2.19. The molecule has 0 aliphatic rings. The molecule has 0 heterocycles. The third kappa shape index (κ3) is 5.60. The number of methoxy groups -OCH3 is 2. The Labute approximate surface area is 148 Å². The molecule has 0 atom stereocenters. The van der Waals surface area contributed by atoms with E-state index in [9.17, 15) is 9.59 Å². The first kappa shape index (κ1) is 20.1. The zero-order valence-electron chi connectivity index (χ0n) is 14.6. The van der Waals surface area contributed by atoms with Gasteiger partial charge < -0.3 is 19.7 Å². The van der Waals surface area contributed by atoms with E-state index in [1.54, 1.807) is 12.1 Å². The Balaban J connectivity index is 2.88. The molecule has 0 aliphatic heterocycles. The lowest BCUT2D eigenvalue weighted by molar-refractivity contribution is -0.121. The van der Waals surface area contributed by atoms with E-state index in [2.05, 4.69) is 5.32 Å². The van der Waals surface area contributed by atoms with Gasteiger partial charge in [-0.05, 0) is 6.42 Å². The molecule has 1 N–H and O–H groups in total. The predicted octanol–water partition coefficient (Wildman–Crippen LogP) is 3.02. The van der Waals surface area contributed by atoms with Gasteiger partial charge in [-0.15, -0.1) is 0 Å². The van der Waals surface area contributed by atoms with E-state index < -0.39 is 0 Å². The number of amides is 2. The maximum Gasteiger partial charge on any atom is 0.224 e. The van der Waals surface area contributed by atoms with Crippen LogP contribution >= 0.6 is 11.6 Å². The summed E-state index contributed by atoms with van der Waals surface area (Å²) >= 11 is 6.09. The number of hydrogen-bond acceptors (Lipinski definition) is 4. The van der Waals surface area contributed by atoms with Crippen molar-refractivity contribution in [1.82, 2.24) is 5.32 Å². The average Bonchev–Trinajstić information content (AvgIpc) is 2.56. The van der Waals surface area contributed by atoms with E-state index >= 15 is 0 Å². The zero-order valence-corrected chi connectivity index (χ0v) is 15.4. The normalized spacial score (nSPS) is 10.2. The Morgan fingerprint density at radius 3 is 2.42 bits per heavy atom. The van der Waals surface area contributed by atoms with Gasteiger partial charge >= 0.3 is 0 Å². The third-order valence-corrected chi connectivity index (χ3v) is 3.83. The van der Waals surface area contributed by atoms with Gasteiger partial charge in [-0.2, -0.15) is 0 Å². The van der Waals surface area contributed by atoms with Crippen LogP contribution in [-0.4, -0.2) is 39.1 Å².